The summed E-state index contributed by atoms with van der Waals surface area (Å²) in [4.78, 5) is 8.00. The van der Waals surface area contributed by atoms with Gasteiger partial charge in [-0.15, -0.1) is 0 Å². The van der Waals surface area contributed by atoms with E-state index in [0.717, 1.165) is 11.1 Å². The Morgan fingerprint density at radius 2 is 2.25 bits per heavy atom. The highest BCUT2D eigenvalue weighted by Crippen LogP contribution is 2.05. The molecule has 0 radical (unpaired) electrons. The topological polar surface area (TPSA) is 25.2 Å². The smallest absolute Gasteiger partial charge is 0.0346 e. The first kappa shape index (κ1) is 8.65. The highest BCUT2D eigenvalue weighted by atomic mass is 14.6. The van der Waals surface area contributed by atoms with Crippen molar-refractivity contribution < 1.29 is 0 Å². The number of allylic oxidation sites excluding steroid dienone is 1. The quantitative estimate of drug-likeness (QED) is 0.608. The van der Waals surface area contributed by atoms with Gasteiger partial charge in [-0.2, -0.15) is 0 Å². The molecule has 2 heteroatoms. The molecular weight excluding hydrogens is 148 g/mol. The lowest BCUT2D eigenvalue weighted by Gasteiger charge is -1.96. The van der Waals surface area contributed by atoms with Gasteiger partial charge in [0.1, 0.15) is 0 Å². The van der Waals surface area contributed by atoms with Crippen molar-refractivity contribution in [3.05, 3.63) is 35.7 Å². The zero-order valence-electron chi connectivity index (χ0n) is 7.36. The Morgan fingerprint density at radius 3 is 2.92 bits per heavy atom. The predicted molar refractivity (Wildman–Crippen MR) is 52.5 cm³/mol. The fourth-order valence-electron chi connectivity index (χ4n) is 0.993. The number of pyridine rings is 1. The lowest BCUT2D eigenvalue weighted by molar-refractivity contribution is 1.31. The van der Waals surface area contributed by atoms with Gasteiger partial charge in [-0.05, 0) is 13.0 Å². The number of nitrogens with zero attached hydrogens (tertiary/aromatic N) is 2. The Morgan fingerprint density at radius 1 is 1.42 bits per heavy atom. The van der Waals surface area contributed by atoms with Crippen LogP contribution in [0.15, 0.2) is 29.5 Å². The third-order valence-electron chi connectivity index (χ3n) is 1.50. The molecular formula is C10H12N2. The molecule has 0 amide bonds. The van der Waals surface area contributed by atoms with Crippen molar-refractivity contribution in [1.29, 1.82) is 0 Å². The molecule has 12 heavy (non-hydrogen) atoms. The van der Waals surface area contributed by atoms with E-state index >= 15 is 0 Å². The van der Waals surface area contributed by atoms with Gasteiger partial charge in [0.05, 0.1) is 0 Å². The molecule has 0 aliphatic heterocycles. The van der Waals surface area contributed by atoms with Crippen LogP contribution in [0, 0.1) is 0 Å². The number of aliphatic imine (C=N–C) groups is 1. The summed E-state index contributed by atoms with van der Waals surface area (Å²) in [5.41, 5.74) is 2.20. The molecule has 2 nitrogen and oxygen atoms in total. The molecule has 0 fully saturated rings. The summed E-state index contributed by atoms with van der Waals surface area (Å²) < 4.78 is 0. The van der Waals surface area contributed by atoms with Gasteiger partial charge >= 0.3 is 0 Å². The molecule has 0 atom stereocenters. The minimum Gasteiger partial charge on any atom is -0.296 e. The van der Waals surface area contributed by atoms with Crippen LogP contribution in [0.1, 0.15) is 18.1 Å². The van der Waals surface area contributed by atoms with Gasteiger partial charge in [-0.1, -0.05) is 12.2 Å². The lowest BCUT2D eigenvalue weighted by Crippen LogP contribution is -1.87. The highest BCUT2D eigenvalue weighted by molar-refractivity contribution is 5.84. The average Bonchev–Trinajstić information content (AvgIpc) is 2.09. The number of aromatic nitrogens is 1. The molecule has 0 unspecified atom stereocenters. The lowest BCUT2D eigenvalue weighted by atomic mass is 10.1. The summed E-state index contributed by atoms with van der Waals surface area (Å²) in [5.74, 6) is 0. The van der Waals surface area contributed by atoms with Crippen molar-refractivity contribution in [1.82, 2.24) is 4.98 Å². The maximum Gasteiger partial charge on any atom is 0.0346 e. The van der Waals surface area contributed by atoms with Crippen LogP contribution in [0.3, 0.4) is 0 Å². The zero-order chi connectivity index (χ0) is 8.81. The third-order valence-corrected chi connectivity index (χ3v) is 1.50. The molecule has 0 N–H and O–H groups in total. The second-order valence-electron chi connectivity index (χ2n) is 2.39. The molecule has 0 spiro atoms. The fraction of sp³-hybridized carbons (Fsp3) is 0.200. The molecule has 0 aliphatic rings. The summed E-state index contributed by atoms with van der Waals surface area (Å²) in [6.07, 6.45) is 9.44. The van der Waals surface area contributed by atoms with E-state index in [1.165, 1.54) is 0 Å². The van der Waals surface area contributed by atoms with E-state index in [-0.39, 0.29) is 0 Å². The Hall–Kier alpha value is -1.44. The van der Waals surface area contributed by atoms with Crippen LogP contribution in [0.5, 0.6) is 0 Å². The second-order valence-corrected chi connectivity index (χ2v) is 2.39. The summed E-state index contributed by atoms with van der Waals surface area (Å²) in [5, 5.41) is 0. The minimum absolute atomic E-state index is 1.10. The molecule has 0 bridgehead atoms. The predicted octanol–water partition coefficient (Wildman–Crippen LogP) is 2.16. The van der Waals surface area contributed by atoms with Crippen LogP contribution >= 0.6 is 0 Å². The highest BCUT2D eigenvalue weighted by Gasteiger charge is 1.93. The summed E-state index contributed by atoms with van der Waals surface area (Å²) in [7, 11) is 1.76. The Bertz CT molecular complexity index is 269. The van der Waals surface area contributed by atoms with E-state index < -0.39 is 0 Å². The monoisotopic (exact) mass is 160 g/mol. The molecule has 0 aliphatic carbocycles. The van der Waals surface area contributed by atoms with E-state index in [0.29, 0.717) is 0 Å². The van der Waals surface area contributed by atoms with E-state index in [1.807, 2.05) is 37.6 Å². The summed E-state index contributed by atoms with van der Waals surface area (Å²) in [6.45, 7) is 1.99. The van der Waals surface area contributed by atoms with Gasteiger partial charge in [0, 0.05) is 36.8 Å². The van der Waals surface area contributed by atoms with Crippen LogP contribution < -0.4 is 0 Å². The van der Waals surface area contributed by atoms with Gasteiger partial charge < -0.3 is 0 Å². The SMILES string of the molecule is C/C=C/c1cnccc1C=NC. The molecule has 1 aromatic heterocycles. The van der Waals surface area contributed by atoms with Gasteiger partial charge in [-0.3, -0.25) is 9.98 Å². The number of hydrogen-bond donors (Lipinski definition) is 0. The first-order valence-electron chi connectivity index (χ1n) is 3.87. The first-order chi connectivity index (χ1) is 5.88. The van der Waals surface area contributed by atoms with Crippen LogP contribution in [-0.4, -0.2) is 18.2 Å². The molecule has 1 aromatic rings. The maximum atomic E-state index is 4.03. The first-order valence-corrected chi connectivity index (χ1v) is 3.87. The van der Waals surface area contributed by atoms with Crippen molar-refractivity contribution in [2.45, 2.75) is 6.92 Å². The largest absolute Gasteiger partial charge is 0.296 e. The van der Waals surface area contributed by atoms with E-state index in [4.69, 9.17) is 0 Å². The third kappa shape index (κ3) is 2.02. The van der Waals surface area contributed by atoms with Crippen LogP contribution in [0.25, 0.3) is 6.08 Å². The van der Waals surface area contributed by atoms with Crippen molar-refractivity contribution in [3.63, 3.8) is 0 Å². The molecule has 0 saturated heterocycles. The van der Waals surface area contributed by atoms with Crippen molar-refractivity contribution >= 4 is 12.3 Å². The summed E-state index contributed by atoms with van der Waals surface area (Å²) >= 11 is 0. The standard InChI is InChI=1S/C10H12N2/c1-3-4-9-8-12-6-5-10(9)7-11-2/h3-8H,1-2H3/b4-3+,11-7?. The van der Waals surface area contributed by atoms with Gasteiger partial charge in [0.25, 0.3) is 0 Å². The molecule has 62 valence electrons. The van der Waals surface area contributed by atoms with Crippen molar-refractivity contribution in [3.8, 4) is 0 Å². The number of rotatable bonds is 2. The Balaban J connectivity index is 3.08. The van der Waals surface area contributed by atoms with Crippen molar-refractivity contribution in [2.24, 2.45) is 4.99 Å². The van der Waals surface area contributed by atoms with Crippen LogP contribution in [-0.2, 0) is 0 Å². The number of hydrogen-bond acceptors (Lipinski definition) is 2. The Labute approximate surface area is 72.7 Å². The average molecular weight is 160 g/mol. The molecule has 1 heterocycles. The van der Waals surface area contributed by atoms with Gasteiger partial charge in [-0.25, -0.2) is 0 Å². The Kier molecular flexibility index (Phi) is 3.20. The van der Waals surface area contributed by atoms with E-state index in [2.05, 4.69) is 9.98 Å². The van der Waals surface area contributed by atoms with Crippen molar-refractivity contribution in [2.75, 3.05) is 7.05 Å². The van der Waals surface area contributed by atoms with Gasteiger partial charge in [0.2, 0.25) is 0 Å². The zero-order valence-corrected chi connectivity index (χ0v) is 7.36. The van der Waals surface area contributed by atoms with Gasteiger partial charge in [0.15, 0.2) is 0 Å². The van der Waals surface area contributed by atoms with E-state index in [1.54, 1.807) is 13.2 Å². The molecule has 0 saturated carbocycles. The normalized spacial score (nSPS) is 11.5. The minimum atomic E-state index is 1.10. The summed E-state index contributed by atoms with van der Waals surface area (Å²) in [6, 6.07) is 1.95. The molecule has 1 rings (SSSR count). The van der Waals surface area contributed by atoms with E-state index in [9.17, 15) is 0 Å². The maximum absolute atomic E-state index is 4.03. The van der Waals surface area contributed by atoms with Crippen LogP contribution in [0.2, 0.25) is 0 Å². The van der Waals surface area contributed by atoms with Crippen LogP contribution in [0.4, 0.5) is 0 Å². The fourth-order valence-corrected chi connectivity index (χ4v) is 0.993. The molecule has 0 aromatic carbocycles. The second kappa shape index (κ2) is 4.44.